The topological polar surface area (TPSA) is 143 Å². The van der Waals surface area contributed by atoms with Crippen molar-refractivity contribution in [1.29, 1.82) is 0 Å². The standard InChI is InChI=1S/C35H26ClF4N3O8/c1-50-33(49)42-29(45)22-12-11-21-23(27(22)31(42)47)15-25-30(46)43(41-19-8-6-18(37)7-9-19)32(48)34(25,16-2-4-17(36)5-3-16)28(21)24-14-20(10-13-26(24)44)51-35(38,39)40/h2-11,13-14,22-23,25,27-28,41,44H,12,15H2,1H3. The van der Waals surface area contributed by atoms with Crippen LogP contribution < -0.4 is 10.2 Å². The number of methoxy groups -OCH3 is 1. The molecule has 3 aromatic rings. The number of hydrogen-bond donors (Lipinski definition) is 2. The zero-order chi connectivity index (χ0) is 36.6. The minimum absolute atomic E-state index is 0.119. The fourth-order valence-corrected chi connectivity index (χ4v) is 8.36. The van der Waals surface area contributed by atoms with Crippen LogP contribution in [0.1, 0.15) is 29.9 Å². The lowest BCUT2D eigenvalue weighted by atomic mass is 9.49. The second-order valence-corrected chi connectivity index (χ2v) is 13.1. The summed E-state index contributed by atoms with van der Waals surface area (Å²) < 4.78 is 63.1. The molecule has 1 saturated carbocycles. The Hall–Kier alpha value is -5.44. The monoisotopic (exact) mass is 727 g/mol. The molecule has 264 valence electrons. The first-order valence-corrected chi connectivity index (χ1v) is 16.0. The molecule has 0 radical (unpaired) electrons. The molecule has 2 saturated heterocycles. The Morgan fingerprint density at radius 2 is 1.65 bits per heavy atom. The molecule has 51 heavy (non-hydrogen) atoms. The van der Waals surface area contributed by atoms with E-state index in [-0.39, 0.29) is 40.3 Å². The van der Waals surface area contributed by atoms with Crippen LogP contribution in [0.5, 0.6) is 11.5 Å². The van der Waals surface area contributed by atoms with E-state index in [4.69, 9.17) is 11.6 Å². The van der Waals surface area contributed by atoms with Crippen molar-refractivity contribution in [3.63, 3.8) is 0 Å². The number of phenolic OH excluding ortho intramolecular Hbond substituents is 1. The highest BCUT2D eigenvalue weighted by Gasteiger charge is 2.71. The maximum Gasteiger partial charge on any atom is 0.573 e. The van der Waals surface area contributed by atoms with Crippen molar-refractivity contribution in [3.8, 4) is 11.5 Å². The number of halogens is 5. The summed E-state index contributed by atoms with van der Waals surface area (Å²) in [6.07, 6.45) is -5.13. The largest absolute Gasteiger partial charge is 0.573 e. The summed E-state index contributed by atoms with van der Waals surface area (Å²) in [7, 11) is 0.996. The maximum absolute atomic E-state index is 15.1. The number of aromatic hydroxyl groups is 1. The lowest BCUT2D eigenvalue weighted by Gasteiger charge is -2.50. The van der Waals surface area contributed by atoms with Gasteiger partial charge in [0.25, 0.3) is 11.8 Å². The van der Waals surface area contributed by atoms with Crippen LogP contribution >= 0.6 is 11.6 Å². The molecule has 0 aromatic heterocycles. The van der Waals surface area contributed by atoms with E-state index in [1.807, 2.05) is 0 Å². The quantitative estimate of drug-likeness (QED) is 0.189. The predicted molar refractivity (Wildman–Crippen MR) is 168 cm³/mol. The van der Waals surface area contributed by atoms with Crippen molar-refractivity contribution in [3.05, 3.63) is 100 Å². The highest BCUT2D eigenvalue weighted by Crippen LogP contribution is 2.65. The number of hydrazine groups is 1. The lowest BCUT2D eigenvalue weighted by molar-refractivity contribution is -0.274. The Labute approximate surface area is 291 Å². The van der Waals surface area contributed by atoms with Gasteiger partial charge in [-0.2, -0.15) is 9.91 Å². The van der Waals surface area contributed by atoms with Gasteiger partial charge in [-0.15, -0.1) is 13.2 Å². The molecule has 6 atom stereocenters. The summed E-state index contributed by atoms with van der Waals surface area (Å²) in [6.45, 7) is 0. The normalized spacial score (nSPS) is 27.1. The van der Waals surface area contributed by atoms with Crippen LogP contribution in [0.25, 0.3) is 0 Å². The number of allylic oxidation sites excluding steroid dienone is 2. The van der Waals surface area contributed by atoms with E-state index in [0.29, 0.717) is 4.90 Å². The first kappa shape index (κ1) is 34.0. The molecule has 2 aliphatic heterocycles. The molecular weight excluding hydrogens is 702 g/mol. The summed E-state index contributed by atoms with van der Waals surface area (Å²) in [5, 5.41) is 12.4. The van der Waals surface area contributed by atoms with Crippen LogP contribution in [0, 0.1) is 29.5 Å². The highest BCUT2D eigenvalue weighted by molar-refractivity contribution is 6.30. The van der Waals surface area contributed by atoms with Gasteiger partial charge in [-0.3, -0.25) is 24.6 Å². The van der Waals surface area contributed by atoms with E-state index in [2.05, 4.69) is 14.9 Å². The molecule has 3 fully saturated rings. The fourth-order valence-electron chi connectivity index (χ4n) is 8.23. The number of alkyl halides is 3. The number of amides is 5. The second-order valence-electron chi connectivity index (χ2n) is 12.6. The van der Waals surface area contributed by atoms with E-state index in [1.165, 1.54) is 36.4 Å². The van der Waals surface area contributed by atoms with Crippen molar-refractivity contribution in [2.75, 3.05) is 12.5 Å². The third kappa shape index (κ3) is 5.29. The van der Waals surface area contributed by atoms with E-state index < -0.39 is 88.4 Å². The Morgan fingerprint density at radius 1 is 0.961 bits per heavy atom. The van der Waals surface area contributed by atoms with Gasteiger partial charge < -0.3 is 14.6 Å². The summed E-state index contributed by atoms with van der Waals surface area (Å²) in [5.74, 6) is -11.4. The van der Waals surface area contributed by atoms with Crippen LogP contribution in [0.3, 0.4) is 0 Å². The Balaban J connectivity index is 1.48. The molecule has 0 spiro atoms. The number of ether oxygens (including phenoxy) is 2. The number of fused-ring (bicyclic) bond motifs is 4. The third-order valence-corrected chi connectivity index (χ3v) is 10.4. The minimum Gasteiger partial charge on any atom is -0.508 e. The number of phenols is 1. The molecule has 2 heterocycles. The molecular formula is C35H26ClF4N3O8. The summed E-state index contributed by atoms with van der Waals surface area (Å²) in [6, 6.07) is 13.4. The molecule has 0 bridgehead atoms. The highest BCUT2D eigenvalue weighted by atomic mass is 35.5. The number of rotatable bonds is 5. The number of imide groups is 4. The molecule has 2 N–H and O–H groups in total. The van der Waals surface area contributed by atoms with Crippen molar-refractivity contribution in [1.82, 2.24) is 9.91 Å². The van der Waals surface area contributed by atoms with Crippen LogP contribution in [-0.2, 0) is 29.3 Å². The summed E-state index contributed by atoms with van der Waals surface area (Å²) in [5.41, 5.74) is 1.12. The average molecular weight is 728 g/mol. The number of anilines is 1. The van der Waals surface area contributed by atoms with Crippen molar-refractivity contribution in [2.45, 2.75) is 30.5 Å². The first-order valence-electron chi connectivity index (χ1n) is 15.6. The SMILES string of the molecule is COC(=O)N1C(=O)C2CC=C3C(CC4C(=O)N(Nc5ccc(F)cc5)C(=O)C4(c4ccc(Cl)cc4)C3c3cc(OC(F)(F)F)ccc3O)C2C1=O. The van der Waals surface area contributed by atoms with Crippen molar-refractivity contribution < 1.29 is 56.1 Å². The number of nitrogens with one attached hydrogen (secondary N) is 1. The van der Waals surface area contributed by atoms with E-state index in [0.717, 1.165) is 42.5 Å². The Bertz CT molecular complexity index is 2020. The van der Waals surface area contributed by atoms with Gasteiger partial charge in [0.15, 0.2) is 0 Å². The van der Waals surface area contributed by atoms with Gasteiger partial charge in [-0.1, -0.05) is 35.4 Å². The zero-order valence-corrected chi connectivity index (χ0v) is 27.1. The number of benzene rings is 3. The van der Waals surface area contributed by atoms with Crippen molar-refractivity contribution >= 4 is 47.0 Å². The van der Waals surface area contributed by atoms with Crippen molar-refractivity contribution in [2.24, 2.45) is 23.7 Å². The molecule has 2 aliphatic carbocycles. The van der Waals surface area contributed by atoms with Crippen LogP contribution in [0.4, 0.5) is 28.0 Å². The number of carbonyl (C=O) groups excluding carboxylic acids is 5. The predicted octanol–water partition coefficient (Wildman–Crippen LogP) is 5.83. The zero-order valence-electron chi connectivity index (χ0n) is 26.3. The summed E-state index contributed by atoms with van der Waals surface area (Å²) >= 11 is 6.23. The van der Waals surface area contributed by atoms with E-state index in [9.17, 15) is 41.8 Å². The molecule has 7 rings (SSSR count). The second kappa shape index (κ2) is 12.1. The van der Waals surface area contributed by atoms with Gasteiger partial charge in [-0.25, -0.2) is 9.18 Å². The molecule has 16 heteroatoms. The van der Waals surface area contributed by atoms with E-state index >= 15 is 4.79 Å². The average Bonchev–Trinajstić information content (AvgIpc) is 3.47. The fraction of sp³-hybridized carbons (Fsp3) is 0.286. The molecule has 4 aliphatic rings. The number of likely N-dealkylation sites (tertiary alicyclic amines) is 1. The Kier molecular flexibility index (Phi) is 8.08. The number of nitrogens with zero attached hydrogens (tertiary/aromatic N) is 2. The third-order valence-electron chi connectivity index (χ3n) is 10.2. The van der Waals surface area contributed by atoms with Gasteiger partial charge in [0.2, 0.25) is 11.8 Å². The van der Waals surface area contributed by atoms with Gasteiger partial charge >= 0.3 is 12.5 Å². The molecule has 3 aromatic carbocycles. The lowest BCUT2D eigenvalue weighted by Crippen LogP contribution is -2.53. The van der Waals surface area contributed by atoms with Gasteiger partial charge in [-0.05, 0) is 78.9 Å². The van der Waals surface area contributed by atoms with Crippen LogP contribution in [0.15, 0.2) is 78.4 Å². The van der Waals surface area contributed by atoms with Gasteiger partial charge in [0, 0.05) is 16.5 Å². The van der Waals surface area contributed by atoms with E-state index in [1.54, 1.807) is 6.08 Å². The number of hydrogen-bond acceptors (Lipinski definition) is 9. The van der Waals surface area contributed by atoms with Crippen LogP contribution in [-0.4, -0.2) is 58.2 Å². The van der Waals surface area contributed by atoms with Gasteiger partial charge in [0.1, 0.15) is 17.3 Å². The molecule has 11 nitrogen and oxygen atoms in total. The van der Waals surface area contributed by atoms with Gasteiger partial charge in [0.05, 0.1) is 36.0 Å². The number of carbonyl (C=O) groups is 5. The maximum atomic E-state index is 15.1. The minimum atomic E-state index is -5.14. The molecule has 6 unspecified atom stereocenters. The first-order chi connectivity index (χ1) is 24.2. The summed E-state index contributed by atoms with van der Waals surface area (Å²) in [4.78, 5) is 69.8. The Morgan fingerprint density at radius 3 is 2.29 bits per heavy atom. The van der Waals surface area contributed by atoms with Crippen LogP contribution in [0.2, 0.25) is 5.02 Å². The molecule has 5 amide bonds. The smallest absolute Gasteiger partial charge is 0.508 e.